The molecule has 2 heterocycles. The van der Waals surface area contributed by atoms with Crippen LogP contribution in [0.15, 0.2) is 41.7 Å². The summed E-state index contributed by atoms with van der Waals surface area (Å²) in [6.45, 7) is 5.94. The van der Waals surface area contributed by atoms with Gasteiger partial charge in [0.2, 0.25) is 0 Å². The van der Waals surface area contributed by atoms with Gasteiger partial charge in [-0.15, -0.1) is 0 Å². The first kappa shape index (κ1) is 21.9. The third-order valence-electron chi connectivity index (χ3n) is 5.37. The van der Waals surface area contributed by atoms with Crippen molar-refractivity contribution < 1.29 is 0 Å². The number of aryl methyl sites for hydroxylation is 1. The van der Waals surface area contributed by atoms with Crippen molar-refractivity contribution in [1.82, 2.24) is 20.5 Å². The number of aromatic nitrogens is 1. The number of guanidine groups is 1. The molecule has 1 aliphatic heterocycles. The van der Waals surface area contributed by atoms with E-state index in [0.29, 0.717) is 16.1 Å². The lowest BCUT2D eigenvalue weighted by atomic mass is 10.0. The third-order valence-corrected chi connectivity index (χ3v) is 6.10. The average molecular weight is 434 g/mol. The molecule has 1 saturated heterocycles. The summed E-state index contributed by atoms with van der Waals surface area (Å²) in [6.07, 6.45) is 6.89. The number of halogens is 2. The van der Waals surface area contributed by atoms with Crippen LogP contribution in [0.5, 0.6) is 0 Å². The number of pyridine rings is 1. The van der Waals surface area contributed by atoms with Crippen molar-refractivity contribution in [2.24, 2.45) is 4.99 Å². The summed E-state index contributed by atoms with van der Waals surface area (Å²) in [4.78, 5) is 11.0. The van der Waals surface area contributed by atoms with E-state index < -0.39 is 0 Å². The minimum atomic E-state index is 0.439. The zero-order chi connectivity index (χ0) is 20.6. The Morgan fingerprint density at radius 3 is 2.69 bits per heavy atom. The zero-order valence-electron chi connectivity index (χ0n) is 17.1. The summed E-state index contributed by atoms with van der Waals surface area (Å²) in [5, 5.41) is 8.23. The van der Waals surface area contributed by atoms with E-state index in [1.54, 1.807) is 0 Å². The Balaban J connectivity index is 1.40. The highest BCUT2D eigenvalue weighted by atomic mass is 35.5. The molecule has 156 valence electrons. The Morgan fingerprint density at radius 2 is 2.00 bits per heavy atom. The lowest BCUT2D eigenvalue weighted by molar-refractivity contribution is 0.198. The van der Waals surface area contributed by atoms with Gasteiger partial charge in [-0.1, -0.05) is 29.3 Å². The van der Waals surface area contributed by atoms with Gasteiger partial charge < -0.3 is 10.6 Å². The normalized spacial score (nSPS) is 16.1. The van der Waals surface area contributed by atoms with Crippen LogP contribution in [0, 0.1) is 6.92 Å². The van der Waals surface area contributed by atoms with Crippen LogP contribution in [0.1, 0.15) is 29.5 Å². The van der Waals surface area contributed by atoms with Gasteiger partial charge in [-0.25, -0.2) is 0 Å². The number of benzene rings is 1. The number of rotatable bonds is 6. The molecule has 29 heavy (non-hydrogen) atoms. The average Bonchev–Trinajstić information content (AvgIpc) is 2.72. The van der Waals surface area contributed by atoms with Crippen LogP contribution < -0.4 is 10.6 Å². The predicted molar refractivity (Wildman–Crippen MR) is 122 cm³/mol. The van der Waals surface area contributed by atoms with E-state index in [1.165, 1.54) is 16.7 Å². The van der Waals surface area contributed by atoms with Gasteiger partial charge >= 0.3 is 0 Å². The lowest BCUT2D eigenvalue weighted by Gasteiger charge is -2.33. The topological polar surface area (TPSA) is 52.6 Å². The first-order valence-corrected chi connectivity index (χ1v) is 10.8. The Bertz CT molecular complexity index is 832. The van der Waals surface area contributed by atoms with Gasteiger partial charge in [0.1, 0.15) is 0 Å². The fourth-order valence-corrected chi connectivity index (χ4v) is 3.94. The molecule has 0 atom stereocenters. The highest BCUT2D eigenvalue weighted by Crippen LogP contribution is 2.24. The largest absolute Gasteiger partial charge is 0.356 e. The third kappa shape index (κ3) is 6.59. The van der Waals surface area contributed by atoms with Crippen molar-refractivity contribution in [2.45, 2.75) is 38.8 Å². The minimum absolute atomic E-state index is 0.439. The highest BCUT2D eigenvalue weighted by molar-refractivity contribution is 6.42. The van der Waals surface area contributed by atoms with E-state index in [1.807, 2.05) is 31.6 Å². The summed E-state index contributed by atoms with van der Waals surface area (Å²) in [7, 11) is 1.83. The van der Waals surface area contributed by atoms with Gasteiger partial charge in [0.15, 0.2) is 5.96 Å². The maximum absolute atomic E-state index is 6.13. The number of piperidine rings is 1. The van der Waals surface area contributed by atoms with Crippen molar-refractivity contribution in [2.75, 3.05) is 26.7 Å². The van der Waals surface area contributed by atoms with E-state index in [0.717, 1.165) is 51.4 Å². The number of nitrogens with zero attached hydrogens (tertiary/aromatic N) is 3. The van der Waals surface area contributed by atoms with Crippen LogP contribution in [0.25, 0.3) is 0 Å². The highest BCUT2D eigenvalue weighted by Gasteiger charge is 2.20. The number of likely N-dealkylation sites (tertiary alicyclic amines) is 1. The van der Waals surface area contributed by atoms with Crippen molar-refractivity contribution in [3.05, 3.63) is 63.4 Å². The molecule has 0 spiro atoms. The van der Waals surface area contributed by atoms with Crippen LogP contribution in [0.3, 0.4) is 0 Å². The standard InChI is InChI=1S/C22H29Cl2N5/c1-16-14-26-9-5-18(16)6-10-27-22(25-2)28-19-7-11-29(12-8-19)15-17-3-4-20(23)21(24)13-17/h3-5,9,13-14,19H,6-8,10-12,15H2,1-2H3,(H2,25,27,28). The second-order valence-electron chi connectivity index (χ2n) is 7.49. The molecule has 0 radical (unpaired) electrons. The number of nitrogens with one attached hydrogen (secondary N) is 2. The summed E-state index contributed by atoms with van der Waals surface area (Å²) in [5.74, 6) is 0.875. The predicted octanol–water partition coefficient (Wildman–Crippen LogP) is 4.07. The fraction of sp³-hybridized carbons (Fsp3) is 0.455. The molecule has 1 aromatic carbocycles. The first-order valence-electron chi connectivity index (χ1n) is 10.1. The molecule has 0 unspecified atom stereocenters. The van der Waals surface area contributed by atoms with Crippen LogP contribution in [-0.4, -0.2) is 48.6 Å². The molecule has 2 aromatic rings. The maximum Gasteiger partial charge on any atom is 0.191 e. The molecule has 0 saturated carbocycles. The summed E-state index contributed by atoms with van der Waals surface area (Å²) in [6, 6.07) is 8.40. The summed E-state index contributed by atoms with van der Waals surface area (Å²) >= 11 is 12.1. The number of hydrogen-bond acceptors (Lipinski definition) is 3. The molecule has 0 aliphatic carbocycles. The smallest absolute Gasteiger partial charge is 0.191 e. The second kappa shape index (κ2) is 10.8. The molecular weight excluding hydrogens is 405 g/mol. The fourth-order valence-electron chi connectivity index (χ4n) is 3.62. The summed E-state index contributed by atoms with van der Waals surface area (Å²) in [5.41, 5.74) is 3.75. The zero-order valence-corrected chi connectivity index (χ0v) is 18.6. The molecule has 0 amide bonds. The first-order chi connectivity index (χ1) is 14.0. The quantitative estimate of drug-likeness (QED) is 0.532. The van der Waals surface area contributed by atoms with Crippen molar-refractivity contribution in [3.63, 3.8) is 0 Å². The Morgan fingerprint density at radius 1 is 1.21 bits per heavy atom. The van der Waals surface area contributed by atoms with Gasteiger partial charge in [0, 0.05) is 51.7 Å². The number of aliphatic imine (C=N–C) groups is 1. The van der Waals surface area contributed by atoms with Gasteiger partial charge in [-0.2, -0.15) is 0 Å². The van der Waals surface area contributed by atoms with Gasteiger partial charge in [0.05, 0.1) is 10.0 Å². The van der Waals surface area contributed by atoms with Crippen molar-refractivity contribution >= 4 is 29.2 Å². The van der Waals surface area contributed by atoms with E-state index >= 15 is 0 Å². The van der Waals surface area contributed by atoms with Crippen molar-refractivity contribution in [1.29, 1.82) is 0 Å². The van der Waals surface area contributed by atoms with Gasteiger partial charge in [-0.3, -0.25) is 14.9 Å². The molecule has 1 fully saturated rings. The van der Waals surface area contributed by atoms with Gasteiger partial charge in [0.25, 0.3) is 0 Å². The van der Waals surface area contributed by atoms with Crippen molar-refractivity contribution in [3.8, 4) is 0 Å². The Hall–Kier alpha value is -1.82. The lowest BCUT2D eigenvalue weighted by Crippen LogP contribution is -2.48. The van der Waals surface area contributed by atoms with E-state index in [9.17, 15) is 0 Å². The van der Waals surface area contributed by atoms with Crippen LogP contribution in [-0.2, 0) is 13.0 Å². The molecule has 5 nitrogen and oxygen atoms in total. The van der Waals surface area contributed by atoms with Crippen LogP contribution in [0.4, 0.5) is 0 Å². The molecular formula is C22H29Cl2N5. The number of hydrogen-bond donors (Lipinski definition) is 2. The molecule has 1 aliphatic rings. The second-order valence-corrected chi connectivity index (χ2v) is 8.31. The maximum atomic E-state index is 6.13. The molecule has 2 N–H and O–H groups in total. The van der Waals surface area contributed by atoms with Gasteiger partial charge in [-0.05, 0) is 61.1 Å². The van der Waals surface area contributed by atoms with E-state index in [-0.39, 0.29) is 0 Å². The molecule has 7 heteroatoms. The van der Waals surface area contributed by atoms with E-state index in [2.05, 4.69) is 44.6 Å². The SMILES string of the molecule is CN=C(NCCc1ccncc1C)NC1CCN(Cc2ccc(Cl)c(Cl)c2)CC1. The Kier molecular flexibility index (Phi) is 8.16. The van der Waals surface area contributed by atoms with Crippen LogP contribution in [0.2, 0.25) is 10.0 Å². The molecule has 0 bridgehead atoms. The van der Waals surface area contributed by atoms with Crippen LogP contribution >= 0.6 is 23.2 Å². The minimum Gasteiger partial charge on any atom is -0.356 e. The molecule has 3 rings (SSSR count). The monoisotopic (exact) mass is 433 g/mol. The summed E-state index contributed by atoms with van der Waals surface area (Å²) < 4.78 is 0. The molecule has 1 aromatic heterocycles. The van der Waals surface area contributed by atoms with E-state index in [4.69, 9.17) is 23.2 Å². The Labute approximate surface area is 183 Å².